The van der Waals surface area contributed by atoms with E-state index >= 15 is 0 Å². The number of thiazole rings is 1. The molecule has 0 aliphatic heterocycles. The van der Waals surface area contributed by atoms with E-state index in [4.69, 9.17) is 0 Å². The summed E-state index contributed by atoms with van der Waals surface area (Å²) in [4.78, 5) is 33.0. The first-order chi connectivity index (χ1) is 13.0. The average Bonchev–Trinajstić information content (AvgIpc) is 3.28. The third-order valence-corrected chi connectivity index (χ3v) is 7.15. The van der Waals surface area contributed by atoms with E-state index in [1.54, 1.807) is 0 Å². The summed E-state index contributed by atoms with van der Waals surface area (Å²) in [5, 5.41) is 3.54. The van der Waals surface area contributed by atoms with E-state index in [2.05, 4.69) is 10.3 Å². The number of anilines is 1. The minimum Gasteiger partial charge on any atom is -0.330 e. The number of carbonyl (C=O) groups excluding carboxylic acids is 2. The number of rotatable bonds is 7. The summed E-state index contributed by atoms with van der Waals surface area (Å²) >= 11 is 1.49. The van der Waals surface area contributed by atoms with Crippen molar-refractivity contribution in [3.05, 3.63) is 10.6 Å². The van der Waals surface area contributed by atoms with Crippen molar-refractivity contribution in [3.8, 4) is 0 Å². The van der Waals surface area contributed by atoms with Gasteiger partial charge in [-0.15, -0.1) is 11.3 Å². The second kappa shape index (κ2) is 9.67. The van der Waals surface area contributed by atoms with Gasteiger partial charge in [0.1, 0.15) is 6.54 Å². The maximum atomic E-state index is 13.0. The van der Waals surface area contributed by atoms with Crippen LogP contribution in [0.5, 0.6) is 0 Å². The van der Waals surface area contributed by atoms with Crippen molar-refractivity contribution in [2.75, 3.05) is 11.9 Å². The third kappa shape index (κ3) is 5.77. The Bertz CT molecular complexity index is 626. The van der Waals surface area contributed by atoms with Crippen molar-refractivity contribution in [1.82, 2.24) is 9.88 Å². The minimum atomic E-state index is -0.122. The number of aromatic nitrogens is 1. The van der Waals surface area contributed by atoms with Crippen LogP contribution in [0.25, 0.3) is 0 Å². The molecule has 3 rings (SSSR count). The molecule has 2 fully saturated rings. The molecule has 2 aliphatic rings. The van der Waals surface area contributed by atoms with Gasteiger partial charge in [0.2, 0.25) is 11.8 Å². The SMILES string of the molecule is Cc1nc(NC(=O)CN(C(=O)CCC2CCCC2)C2CCCCC2)sc1C. The fourth-order valence-electron chi connectivity index (χ4n) is 4.42. The van der Waals surface area contributed by atoms with E-state index in [0.717, 1.165) is 42.7 Å². The van der Waals surface area contributed by atoms with Crippen LogP contribution in [0.15, 0.2) is 0 Å². The topological polar surface area (TPSA) is 62.3 Å². The first kappa shape index (κ1) is 20.3. The molecule has 6 heteroatoms. The molecule has 0 unspecified atom stereocenters. The van der Waals surface area contributed by atoms with Crippen molar-refractivity contribution in [3.63, 3.8) is 0 Å². The number of amides is 2. The highest BCUT2D eigenvalue weighted by Crippen LogP contribution is 2.30. The van der Waals surface area contributed by atoms with Gasteiger partial charge in [0, 0.05) is 17.3 Å². The van der Waals surface area contributed by atoms with Gasteiger partial charge in [-0.1, -0.05) is 44.9 Å². The Morgan fingerprint density at radius 1 is 1.07 bits per heavy atom. The fraction of sp³-hybridized carbons (Fsp3) is 0.762. The van der Waals surface area contributed by atoms with Gasteiger partial charge in [0.15, 0.2) is 5.13 Å². The van der Waals surface area contributed by atoms with Crippen LogP contribution in [-0.4, -0.2) is 34.3 Å². The summed E-state index contributed by atoms with van der Waals surface area (Å²) in [7, 11) is 0. The molecule has 1 aromatic heterocycles. The van der Waals surface area contributed by atoms with Crippen LogP contribution >= 0.6 is 11.3 Å². The lowest BCUT2D eigenvalue weighted by atomic mass is 9.93. The van der Waals surface area contributed by atoms with E-state index in [9.17, 15) is 9.59 Å². The largest absolute Gasteiger partial charge is 0.330 e. The Morgan fingerprint density at radius 3 is 2.37 bits per heavy atom. The average molecular weight is 392 g/mol. The summed E-state index contributed by atoms with van der Waals surface area (Å²) in [6.45, 7) is 4.11. The van der Waals surface area contributed by atoms with Crippen LogP contribution in [0.4, 0.5) is 5.13 Å². The van der Waals surface area contributed by atoms with Crippen LogP contribution < -0.4 is 5.32 Å². The van der Waals surface area contributed by atoms with Crippen LogP contribution in [0.2, 0.25) is 0 Å². The second-order valence-electron chi connectivity index (χ2n) is 8.21. The van der Waals surface area contributed by atoms with E-state index in [1.807, 2.05) is 18.7 Å². The van der Waals surface area contributed by atoms with Crippen molar-refractivity contribution >= 4 is 28.3 Å². The van der Waals surface area contributed by atoms with Crippen LogP contribution in [0.1, 0.15) is 81.2 Å². The van der Waals surface area contributed by atoms with Gasteiger partial charge in [-0.25, -0.2) is 4.98 Å². The lowest BCUT2D eigenvalue weighted by molar-refractivity contribution is -0.138. The molecule has 27 heavy (non-hydrogen) atoms. The van der Waals surface area contributed by atoms with E-state index in [1.165, 1.54) is 43.4 Å². The van der Waals surface area contributed by atoms with E-state index in [0.29, 0.717) is 17.5 Å². The number of hydrogen-bond donors (Lipinski definition) is 1. The molecule has 2 aliphatic carbocycles. The normalized spacial score (nSPS) is 18.6. The molecule has 0 radical (unpaired) electrons. The highest BCUT2D eigenvalue weighted by molar-refractivity contribution is 7.15. The lowest BCUT2D eigenvalue weighted by Gasteiger charge is -2.34. The zero-order chi connectivity index (χ0) is 19.2. The van der Waals surface area contributed by atoms with Crippen molar-refractivity contribution in [1.29, 1.82) is 0 Å². The van der Waals surface area contributed by atoms with Crippen molar-refractivity contribution in [2.24, 2.45) is 5.92 Å². The highest BCUT2D eigenvalue weighted by Gasteiger charge is 2.28. The first-order valence-corrected chi connectivity index (χ1v) is 11.4. The predicted octanol–water partition coefficient (Wildman–Crippen LogP) is 4.83. The molecule has 0 saturated heterocycles. The molecular formula is C21H33N3O2S. The van der Waals surface area contributed by atoms with Crippen LogP contribution in [0, 0.1) is 19.8 Å². The van der Waals surface area contributed by atoms with Gasteiger partial charge in [0.05, 0.1) is 5.69 Å². The molecule has 1 heterocycles. The number of hydrogen-bond acceptors (Lipinski definition) is 4. The van der Waals surface area contributed by atoms with Crippen molar-refractivity contribution in [2.45, 2.75) is 90.5 Å². The monoisotopic (exact) mass is 391 g/mol. The molecule has 2 saturated carbocycles. The van der Waals surface area contributed by atoms with E-state index in [-0.39, 0.29) is 24.4 Å². The Balaban J connectivity index is 1.59. The van der Waals surface area contributed by atoms with Gasteiger partial charge >= 0.3 is 0 Å². The standard InChI is InChI=1S/C21H33N3O2S/c1-15-16(2)27-21(22-15)23-19(25)14-24(18-10-4-3-5-11-18)20(26)13-12-17-8-6-7-9-17/h17-18H,3-14H2,1-2H3,(H,22,23,25). The molecule has 0 spiro atoms. The quantitative estimate of drug-likeness (QED) is 0.724. The zero-order valence-corrected chi connectivity index (χ0v) is 17.6. The number of aryl methyl sites for hydroxylation is 2. The van der Waals surface area contributed by atoms with Crippen LogP contribution in [-0.2, 0) is 9.59 Å². The number of carbonyl (C=O) groups is 2. The van der Waals surface area contributed by atoms with Gasteiger partial charge < -0.3 is 10.2 Å². The maximum Gasteiger partial charge on any atom is 0.245 e. The highest BCUT2D eigenvalue weighted by atomic mass is 32.1. The Kier molecular flexibility index (Phi) is 7.27. The van der Waals surface area contributed by atoms with Gasteiger partial charge in [-0.3, -0.25) is 9.59 Å². The summed E-state index contributed by atoms with van der Waals surface area (Å²) < 4.78 is 0. The number of nitrogens with one attached hydrogen (secondary N) is 1. The van der Waals surface area contributed by atoms with E-state index < -0.39 is 0 Å². The van der Waals surface area contributed by atoms with Crippen LogP contribution in [0.3, 0.4) is 0 Å². The Morgan fingerprint density at radius 2 is 1.74 bits per heavy atom. The third-order valence-electron chi connectivity index (χ3n) is 6.17. The molecular weight excluding hydrogens is 358 g/mol. The fourth-order valence-corrected chi connectivity index (χ4v) is 5.25. The number of nitrogens with zero attached hydrogens (tertiary/aromatic N) is 2. The van der Waals surface area contributed by atoms with Gasteiger partial charge in [-0.2, -0.15) is 0 Å². The molecule has 5 nitrogen and oxygen atoms in total. The smallest absolute Gasteiger partial charge is 0.245 e. The van der Waals surface area contributed by atoms with Gasteiger partial charge in [-0.05, 0) is 39.0 Å². The minimum absolute atomic E-state index is 0.122. The first-order valence-electron chi connectivity index (χ1n) is 10.6. The van der Waals surface area contributed by atoms with Crippen molar-refractivity contribution < 1.29 is 9.59 Å². The molecule has 0 aromatic carbocycles. The molecule has 150 valence electrons. The second-order valence-corrected chi connectivity index (χ2v) is 9.41. The summed E-state index contributed by atoms with van der Waals surface area (Å²) in [5.41, 5.74) is 0.951. The summed E-state index contributed by atoms with van der Waals surface area (Å²) in [6, 6.07) is 0.223. The molecule has 0 atom stereocenters. The zero-order valence-electron chi connectivity index (χ0n) is 16.8. The van der Waals surface area contributed by atoms with Gasteiger partial charge in [0.25, 0.3) is 0 Å². The maximum absolute atomic E-state index is 13.0. The lowest BCUT2D eigenvalue weighted by Crippen LogP contribution is -2.45. The molecule has 1 aromatic rings. The Labute approximate surface area is 166 Å². The summed E-state index contributed by atoms with van der Waals surface area (Å²) in [6.07, 6.45) is 12.3. The predicted molar refractivity (Wildman–Crippen MR) is 110 cm³/mol. The molecule has 1 N–H and O–H groups in total. The summed E-state index contributed by atoms with van der Waals surface area (Å²) in [5.74, 6) is 0.747. The molecule has 0 bridgehead atoms. The Hall–Kier alpha value is -1.43. The molecule has 2 amide bonds.